The average molecular weight is 268 g/mol. The molecule has 0 N–H and O–H groups in total. The minimum Gasteiger partial charge on any atom is -0.331 e. The van der Waals surface area contributed by atoms with E-state index in [0.29, 0.717) is 12.8 Å². The van der Waals surface area contributed by atoms with Crippen molar-refractivity contribution in [1.29, 1.82) is 5.26 Å². The highest BCUT2D eigenvalue weighted by atomic mass is 16.2. The van der Waals surface area contributed by atoms with Crippen LogP contribution < -0.4 is 4.90 Å². The van der Waals surface area contributed by atoms with Crippen LogP contribution in [0.15, 0.2) is 18.2 Å². The fourth-order valence-corrected chi connectivity index (χ4v) is 2.45. The summed E-state index contributed by atoms with van der Waals surface area (Å²) in [5.74, 6) is 0.814. The van der Waals surface area contributed by atoms with Crippen LogP contribution in [0.25, 0.3) is 11.0 Å². The molecule has 1 amide bonds. The first-order chi connectivity index (χ1) is 9.48. The number of imidazole rings is 1. The molecular weight excluding hydrogens is 252 g/mol. The first-order valence-corrected chi connectivity index (χ1v) is 6.61. The van der Waals surface area contributed by atoms with Crippen molar-refractivity contribution in [1.82, 2.24) is 9.55 Å². The molecule has 0 spiro atoms. The number of nitriles is 1. The van der Waals surface area contributed by atoms with Crippen molar-refractivity contribution in [2.24, 2.45) is 12.5 Å². The first-order valence-electron chi connectivity index (χ1n) is 6.61. The number of carbonyl (C=O) groups is 1. The predicted octanol–water partition coefficient (Wildman–Crippen LogP) is 2.15. The van der Waals surface area contributed by atoms with Crippen LogP contribution in [0.2, 0.25) is 0 Å². The molecule has 102 valence electrons. The molecule has 0 aliphatic heterocycles. The Kier molecular flexibility index (Phi) is 2.58. The molecular formula is C15H16N4O. The molecule has 0 radical (unpaired) electrons. The van der Waals surface area contributed by atoms with E-state index in [1.165, 1.54) is 0 Å². The van der Waals surface area contributed by atoms with Crippen molar-refractivity contribution in [3.8, 4) is 6.07 Å². The summed E-state index contributed by atoms with van der Waals surface area (Å²) in [7, 11) is 3.69. The Labute approximate surface area is 117 Å². The number of aromatic nitrogens is 2. The zero-order chi connectivity index (χ0) is 14.5. The largest absolute Gasteiger partial charge is 0.331 e. The highest BCUT2D eigenvalue weighted by Gasteiger charge is 2.52. The molecule has 1 heterocycles. The fraction of sp³-hybridized carbons (Fsp3) is 0.400. The van der Waals surface area contributed by atoms with Crippen LogP contribution in [0.3, 0.4) is 0 Å². The highest BCUT2D eigenvalue weighted by molar-refractivity contribution is 6.01. The molecule has 1 aliphatic rings. The van der Waals surface area contributed by atoms with Gasteiger partial charge in [0.1, 0.15) is 11.2 Å². The molecule has 1 saturated carbocycles. The van der Waals surface area contributed by atoms with Crippen LogP contribution in [0.5, 0.6) is 0 Å². The van der Waals surface area contributed by atoms with Crippen molar-refractivity contribution in [2.75, 3.05) is 11.9 Å². The Hall–Kier alpha value is -2.35. The van der Waals surface area contributed by atoms with Crippen LogP contribution in [0.1, 0.15) is 18.7 Å². The van der Waals surface area contributed by atoms with Gasteiger partial charge >= 0.3 is 0 Å². The molecule has 0 unspecified atom stereocenters. The first kappa shape index (κ1) is 12.7. The SMILES string of the molecule is Cc1nc2cc(N(C)C(=O)C3(C#N)CC3)ccc2n1C. The maximum absolute atomic E-state index is 12.3. The van der Waals surface area contributed by atoms with E-state index in [4.69, 9.17) is 5.26 Å². The topological polar surface area (TPSA) is 61.9 Å². The lowest BCUT2D eigenvalue weighted by Gasteiger charge is -2.19. The molecule has 20 heavy (non-hydrogen) atoms. The second-order valence-electron chi connectivity index (χ2n) is 5.45. The van der Waals surface area contributed by atoms with Crippen molar-refractivity contribution < 1.29 is 4.79 Å². The monoisotopic (exact) mass is 268 g/mol. The van der Waals surface area contributed by atoms with Crippen LogP contribution in [-0.4, -0.2) is 22.5 Å². The smallest absolute Gasteiger partial charge is 0.247 e. The molecule has 1 aliphatic carbocycles. The number of aryl methyl sites for hydroxylation is 2. The van der Waals surface area contributed by atoms with Crippen LogP contribution in [0, 0.1) is 23.7 Å². The van der Waals surface area contributed by atoms with Gasteiger partial charge in [0, 0.05) is 19.8 Å². The summed E-state index contributed by atoms with van der Waals surface area (Å²) in [5, 5.41) is 9.12. The normalized spacial score (nSPS) is 15.9. The molecule has 5 heteroatoms. The van der Waals surface area contributed by atoms with E-state index in [9.17, 15) is 4.79 Å². The minimum absolute atomic E-state index is 0.119. The van der Waals surface area contributed by atoms with Gasteiger partial charge in [-0.3, -0.25) is 4.79 Å². The molecule has 1 fully saturated rings. The lowest BCUT2D eigenvalue weighted by Crippen LogP contribution is -2.33. The Morgan fingerprint density at radius 1 is 1.50 bits per heavy atom. The molecule has 0 bridgehead atoms. The third kappa shape index (κ3) is 1.68. The summed E-state index contributed by atoms with van der Waals surface area (Å²) in [5.41, 5.74) is 1.89. The lowest BCUT2D eigenvalue weighted by atomic mass is 10.1. The summed E-state index contributed by atoms with van der Waals surface area (Å²) in [6.07, 6.45) is 1.33. The summed E-state index contributed by atoms with van der Waals surface area (Å²) in [6, 6.07) is 7.90. The van der Waals surface area contributed by atoms with Crippen molar-refractivity contribution in [2.45, 2.75) is 19.8 Å². The zero-order valence-corrected chi connectivity index (χ0v) is 11.8. The van der Waals surface area contributed by atoms with Gasteiger partial charge in [-0.25, -0.2) is 4.98 Å². The van der Waals surface area contributed by atoms with Crippen LogP contribution in [-0.2, 0) is 11.8 Å². The minimum atomic E-state index is -0.788. The Bertz CT molecular complexity index is 749. The number of hydrogen-bond donors (Lipinski definition) is 0. The number of nitrogens with zero attached hydrogens (tertiary/aromatic N) is 4. The van der Waals surface area contributed by atoms with Gasteiger partial charge in [-0.05, 0) is 38.0 Å². The number of fused-ring (bicyclic) bond motifs is 1. The number of hydrogen-bond acceptors (Lipinski definition) is 3. The summed E-state index contributed by atoms with van der Waals surface area (Å²) >= 11 is 0. The van der Waals surface area contributed by atoms with Crippen LogP contribution >= 0.6 is 0 Å². The second kappa shape index (κ2) is 4.07. The Morgan fingerprint density at radius 2 is 2.20 bits per heavy atom. The van der Waals surface area contributed by atoms with Gasteiger partial charge in [0.25, 0.3) is 0 Å². The quantitative estimate of drug-likeness (QED) is 0.838. The fourth-order valence-electron chi connectivity index (χ4n) is 2.45. The maximum Gasteiger partial charge on any atom is 0.247 e. The van der Waals surface area contributed by atoms with E-state index < -0.39 is 5.41 Å². The van der Waals surface area contributed by atoms with Gasteiger partial charge in [-0.15, -0.1) is 0 Å². The molecule has 1 aromatic carbocycles. The Balaban J connectivity index is 1.98. The standard InChI is InChI=1S/C15H16N4O/c1-10-17-12-8-11(4-5-13(12)18(10)2)19(3)14(20)15(9-16)6-7-15/h4-5,8H,6-7H2,1-3H3. The van der Waals surface area contributed by atoms with E-state index in [-0.39, 0.29) is 5.91 Å². The van der Waals surface area contributed by atoms with E-state index in [1.807, 2.05) is 36.7 Å². The average Bonchev–Trinajstić information content (AvgIpc) is 3.20. The van der Waals surface area contributed by atoms with E-state index in [1.54, 1.807) is 11.9 Å². The molecule has 1 aromatic heterocycles. The third-order valence-electron chi connectivity index (χ3n) is 4.15. The number of anilines is 1. The van der Waals surface area contributed by atoms with Gasteiger partial charge in [-0.2, -0.15) is 5.26 Å². The number of carbonyl (C=O) groups excluding carboxylic acids is 1. The van der Waals surface area contributed by atoms with Crippen LogP contribution in [0.4, 0.5) is 5.69 Å². The molecule has 0 atom stereocenters. The number of amides is 1. The van der Waals surface area contributed by atoms with Gasteiger partial charge in [0.15, 0.2) is 0 Å². The van der Waals surface area contributed by atoms with Gasteiger partial charge in [0.2, 0.25) is 5.91 Å². The summed E-state index contributed by atoms with van der Waals surface area (Å²) in [6.45, 7) is 1.95. The highest BCUT2D eigenvalue weighted by Crippen LogP contribution is 2.46. The third-order valence-corrected chi connectivity index (χ3v) is 4.15. The van der Waals surface area contributed by atoms with Crippen molar-refractivity contribution >= 4 is 22.6 Å². The lowest BCUT2D eigenvalue weighted by molar-refractivity contribution is -0.121. The molecule has 3 rings (SSSR count). The Morgan fingerprint density at radius 3 is 2.80 bits per heavy atom. The molecule has 5 nitrogen and oxygen atoms in total. The molecule has 2 aromatic rings. The molecule has 0 saturated heterocycles. The van der Waals surface area contributed by atoms with E-state index >= 15 is 0 Å². The summed E-state index contributed by atoms with van der Waals surface area (Å²) < 4.78 is 2.01. The number of rotatable bonds is 2. The predicted molar refractivity (Wildman–Crippen MR) is 76.1 cm³/mol. The van der Waals surface area contributed by atoms with Crippen molar-refractivity contribution in [3.05, 3.63) is 24.0 Å². The maximum atomic E-state index is 12.3. The van der Waals surface area contributed by atoms with Gasteiger partial charge in [-0.1, -0.05) is 0 Å². The second-order valence-corrected chi connectivity index (χ2v) is 5.45. The zero-order valence-electron chi connectivity index (χ0n) is 11.8. The van der Waals surface area contributed by atoms with Gasteiger partial charge < -0.3 is 9.47 Å². The van der Waals surface area contributed by atoms with Gasteiger partial charge in [0.05, 0.1) is 17.1 Å². The van der Waals surface area contributed by atoms with Crippen molar-refractivity contribution in [3.63, 3.8) is 0 Å². The number of benzene rings is 1. The summed E-state index contributed by atoms with van der Waals surface area (Å²) in [4.78, 5) is 18.4. The van der Waals surface area contributed by atoms with E-state index in [0.717, 1.165) is 22.5 Å². The van der Waals surface area contributed by atoms with E-state index in [2.05, 4.69) is 11.1 Å².